The van der Waals surface area contributed by atoms with E-state index in [1.807, 2.05) is 11.8 Å². The van der Waals surface area contributed by atoms with Crippen molar-refractivity contribution >= 4 is 17.7 Å². The second-order valence-corrected chi connectivity index (χ2v) is 6.15. The first-order valence-corrected chi connectivity index (χ1v) is 6.06. The zero-order valence-corrected chi connectivity index (χ0v) is 9.77. The molecule has 0 unspecified atom stereocenters. The molecule has 1 N–H and O–H groups in total. The van der Waals surface area contributed by atoms with Crippen LogP contribution < -0.4 is 0 Å². The first kappa shape index (κ1) is 11.9. The van der Waals surface area contributed by atoms with E-state index < -0.39 is 5.97 Å². The summed E-state index contributed by atoms with van der Waals surface area (Å²) in [6.07, 6.45) is 1.42. The maximum Gasteiger partial charge on any atom is 0.304 e. The number of thioether (sulfide) groups is 1. The molecule has 0 aromatic carbocycles. The van der Waals surface area contributed by atoms with E-state index >= 15 is 0 Å². The number of carboxylic acid groups (broad SMARTS) is 1. The van der Waals surface area contributed by atoms with Gasteiger partial charge in [0.15, 0.2) is 0 Å². The second kappa shape index (κ2) is 5.03. The van der Waals surface area contributed by atoms with Gasteiger partial charge in [0.2, 0.25) is 0 Å². The summed E-state index contributed by atoms with van der Waals surface area (Å²) in [6, 6.07) is 0. The van der Waals surface area contributed by atoms with Crippen LogP contribution in [0.4, 0.5) is 0 Å². The van der Waals surface area contributed by atoms with Gasteiger partial charge in [-0.2, -0.15) is 11.8 Å². The standard InChI is InChI=1S/C10H19NO2S/c1-10(2)4-6-11(7-8-14-10)5-3-9(12)13/h3-8H2,1-2H3,(H,12,13). The summed E-state index contributed by atoms with van der Waals surface area (Å²) in [6.45, 7) is 7.29. The van der Waals surface area contributed by atoms with Crippen LogP contribution in [-0.4, -0.2) is 46.1 Å². The van der Waals surface area contributed by atoms with Gasteiger partial charge in [0, 0.05) is 23.6 Å². The van der Waals surface area contributed by atoms with Crippen LogP contribution in [0.15, 0.2) is 0 Å². The summed E-state index contributed by atoms with van der Waals surface area (Å²) < 4.78 is 0.359. The summed E-state index contributed by atoms with van der Waals surface area (Å²) in [5, 5.41) is 8.59. The van der Waals surface area contributed by atoms with Crippen molar-refractivity contribution in [3.8, 4) is 0 Å². The van der Waals surface area contributed by atoms with E-state index in [0.29, 0.717) is 11.3 Å². The van der Waals surface area contributed by atoms with E-state index in [2.05, 4.69) is 18.7 Å². The molecule has 0 radical (unpaired) electrons. The Morgan fingerprint density at radius 2 is 2.21 bits per heavy atom. The highest BCUT2D eigenvalue weighted by atomic mass is 32.2. The topological polar surface area (TPSA) is 40.5 Å². The summed E-state index contributed by atoms with van der Waals surface area (Å²) in [7, 11) is 0. The van der Waals surface area contributed by atoms with Crippen molar-refractivity contribution in [3.63, 3.8) is 0 Å². The Morgan fingerprint density at radius 1 is 1.50 bits per heavy atom. The number of aliphatic carboxylic acids is 1. The van der Waals surface area contributed by atoms with Crippen LogP contribution in [0.25, 0.3) is 0 Å². The molecule has 0 saturated carbocycles. The molecular formula is C10H19NO2S. The Bertz CT molecular complexity index is 206. The summed E-state index contributed by atoms with van der Waals surface area (Å²) in [5.74, 6) is 0.424. The van der Waals surface area contributed by atoms with Crippen molar-refractivity contribution in [3.05, 3.63) is 0 Å². The smallest absolute Gasteiger partial charge is 0.304 e. The Hall–Kier alpha value is -0.220. The third kappa shape index (κ3) is 4.33. The first-order valence-electron chi connectivity index (χ1n) is 5.08. The minimum absolute atomic E-state index is 0.269. The highest BCUT2D eigenvalue weighted by Crippen LogP contribution is 2.30. The van der Waals surface area contributed by atoms with Gasteiger partial charge in [0.25, 0.3) is 0 Å². The Labute approximate surface area is 89.9 Å². The lowest BCUT2D eigenvalue weighted by Gasteiger charge is -2.22. The van der Waals surface area contributed by atoms with Crippen LogP contribution in [0, 0.1) is 0 Å². The molecule has 1 aliphatic rings. The maximum atomic E-state index is 10.4. The van der Waals surface area contributed by atoms with E-state index in [1.165, 1.54) is 0 Å². The number of carbonyl (C=O) groups is 1. The third-order valence-electron chi connectivity index (χ3n) is 2.57. The molecule has 1 heterocycles. The molecule has 82 valence electrons. The normalized spacial score (nSPS) is 23.0. The Kier molecular flexibility index (Phi) is 4.26. The third-order valence-corrected chi connectivity index (χ3v) is 3.94. The Morgan fingerprint density at radius 3 is 2.86 bits per heavy atom. The number of rotatable bonds is 3. The molecule has 1 rings (SSSR count). The highest BCUT2D eigenvalue weighted by Gasteiger charge is 2.23. The zero-order valence-electron chi connectivity index (χ0n) is 8.95. The van der Waals surface area contributed by atoms with Gasteiger partial charge in [-0.1, -0.05) is 13.8 Å². The molecule has 4 heteroatoms. The highest BCUT2D eigenvalue weighted by molar-refractivity contribution is 8.00. The van der Waals surface area contributed by atoms with Crippen LogP contribution in [-0.2, 0) is 4.79 Å². The molecular weight excluding hydrogens is 198 g/mol. The van der Waals surface area contributed by atoms with Gasteiger partial charge in [-0.3, -0.25) is 4.79 Å². The van der Waals surface area contributed by atoms with Gasteiger partial charge in [-0.25, -0.2) is 0 Å². The van der Waals surface area contributed by atoms with Crippen molar-refractivity contribution < 1.29 is 9.90 Å². The molecule has 1 saturated heterocycles. The first-order chi connectivity index (χ1) is 6.49. The summed E-state index contributed by atoms with van der Waals surface area (Å²) in [4.78, 5) is 12.7. The fourth-order valence-corrected chi connectivity index (χ4v) is 2.68. The van der Waals surface area contributed by atoms with Gasteiger partial charge >= 0.3 is 5.97 Å². The molecule has 0 amide bonds. The lowest BCUT2D eigenvalue weighted by molar-refractivity contribution is -0.137. The molecule has 0 aromatic rings. The maximum absolute atomic E-state index is 10.4. The number of carboxylic acids is 1. The predicted molar refractivity (Wildman–Crippen MR) is 59.8 cm³/mol. The van der Waals surface area contributed by atoms with E-state index in [4.69, 9.17) is 5.11 Å². The predicted octanol–water partition coefficient (Wildman–Crippen LogP) is 1.68. The fourth-order valence-electron chi connectivity index (χ4n) is 1.54. The molecule has 0 aliphatic carbocycles. The second-order valence-electron chi connectivity index (χ2n) is 4.34. The molecule has 1 fully saturated rings. The minimum atomic E-state index is -0.693. The average molecular weight is 217 g/mol. The number of nitrogens with zero attached hydrogens (tertiary/aromatic N) is 1. The van der Waals surface area contributed by atoms with E-state index in [0.717, 1.165) is 25.3 Å². The number of hydrogen-bond acceptors (Lipinski definition) is 3. The van der Waals surface area contributed by atoms with Crippen LogP contribution in [0.2, 0.25) is 0 Å². The van der Waals surface area contributed by atoms with Gasteiger partial charge in [-0.05, 0) is 13.0 Å². The van der Waals surface area contributed by atoms with Crippen molar-refractivity contribution in [1.82, 2.24) is 4.90 Å². The zero-order chi connectivity index (χ0) is 10.6. The molecule has 0 atom stereocenters. The van der Waals surface area contributed by atoms with Crippen molar-refractivity contribution in [2.24, 2.45) is 0 Å². The van der Waals surface area contributed by atoms with Gasteiger partial charge in [-0.15, -0.1) is 0 Å². The largest absolute Gasteiger partial charge is 0.481 e. The van der Waals surface area contributed by atoms with Crippen molar-refractivity contribution in [1.29, 1.82) is 0 Å². The Balaban J connectivity index is 2.31. The SMILES string of the molecule is CC1(C)CCN(CCC(=O)O)CCS1. The number of hydrogen-bond donors (Lipinski definition) is 1. The van der Waals surface area contributed by atoms with Crippen LogP contribution in [0.1, 0.15) is 26.7 Å². The molecule has 0 aromatic heterocycles. The monoisotopic (exact) mass is 217 g/mol. The lowest BCUT2D eigenvalue weighted by atomic mass is 10.1. The van der Waals surface area contributed by atoms with Crippen LogP contribution >= 0.6 is 11.8 Å². The fraction of sp³-hybridized carbons (Fsp3) is 0.900. The average Bonchev–Trinajstić information content (AvgIpc) is 2.23. The van der Waals surface area contributed by atoms with Gasteiger partial charge in [0.1, 0.15) is 0 Å². The van der Waals surface area contributed by atoms with Gasteiger partial charge < -0.3 is 10.0 Å². The molecule has 0 spiro atoms. The van der Waals surface area contributed by atoms with E-state index in [1.54, 1.807) is 0 Å². The quantitative estimate of drug-likeness (QED) is 0.781. The summed E-state index contributed by atoms with van der Waals surface area (Å²) in [5.41, 5.74) is 0. The molecule has 1 aliphatic heterocycles. The van der Waals surface area contributed by atoms with E-state index in [-0.39, 0.29) is 6.42 Å². The van der Waals surface area contributed by atoms with Gasteiger partial charge in [0.05, 0.1) is 6.42 Å². The van der Waals surface area contributed by atoms with E-state index in [9.17, 15) is 4.79 Å². The van der Waals surface area contributed by atoms with Crippen LogP contribution in [0.3, 0.4) is 0 Å². The molecule has 3 nitrogen and oxygen atoms in total. The minimum Gasteiger partial charge on any atom is -0.481 e. The summed E-state index contributed by atoms with van der Waals surface area (Å²) >= 11 is 1.99. The molecule has 0 bridgehead atoms. The van der Waals surface area contributed by atoms with Crippen molar-refractivity contribution in [2.75, 3.05) is 25.4 Å². The van der Waals surface area contributed by atoms with Crippen LogP contribution in [0.5, 0.6) is 0 Å². The lowest BCUT2D eigenvalue weighted by Crippen LogP contribution is -2.29. The van der Waals surface area contributed by atoms with Crippen molar-refractivity contribution in [2.45, 2.75) is 31.4 Å². The molecule has 14 heavy (non-hydrogen) atoms.